The molecule has 1 aromatic heterocycles. The Hall–Kier alpha value is -3.81. The second kappa shape index (κ2) is 10.6. The van der Waals surface area contributed by atoms with Crippen molar-refractivity contribution in [3.05, 3.63) is 71.4 Å². The average Bonchev–Trinajstić information content (AvgIpc) is 3.28. The zero-order valence-electron chi connectivity index (χ0n) is 19.3. The van der Waals surface area contributed by atoms with E-state index in [4.69, 9.17) is 4.74 Å². The minimum Gasteiger partial charge on any atom is -0.483 e. The number of aliphatic imine (C=N–C) groups is 1. The Morgan fingerprint density at radius 3 is 2.43 bits per heavy atom. The average molecular weight is 492 g/mol. The van der Waals surface area contributed by atoms with Gasteiger partial charge in [-0.15, -0.1) is 0 Å². The SMILES string of the molecule is CCO/C=N/c1c(C#N)c(C(=O)c2ccc(S(=O)(=O)N3CCCCC3)cc2)nn1-c1ccccc1. The fourth-order valence-corrected chi connectivity index (χ4v) is 5.39. The summed E-state index contributed by atoms with van der Waals surface area (Å²) in [5.74, 6) is -0.342. The van der Waals surface area contributed by atoms with Gasteiger partial charge in [-0.3, -0.25) is 4.79 Å². The van der Waals surface area contributed by atoms with E-state index in [1.54, 1.807) is 19.1 Å². The molecule has 1 fully saturated rings. The van der Waals surface area contributed by atoms with E-state index in [9.17, 15) is 18.5 Å². The number of carbonyl (C=O) groups is 1. The van der Waals surface area contributed by atoms with Gasteiger partial charge < -0.3 is 4.74 Å². The highest BCUT2D eigenvalue weighted by molar-refractivity contribution is 7.89. The third-order valence-electron chi connectivity index (χ3n) is 5.67. The van der Waals surface area contributed by atoms with Gasteiger partial charge in [0.25, 0.3) is 0 Å². The summed E-state index contributed by atoms with van der Waals surface area (Å²) >= 11 is 0. The van der Waals surface area contributed by atoms with Crippen LogP contribution >= 0.6 is 0 Å². The Kier molecular flexibility index (Phi) is 7.39. The fraction of sp³-hybridized carbons (Fsp3) is 0.280. The molecular weight excluding hydrogens is 466 g/mol. The summed E-state index contributed by atoms with van der Waals surface area (Å²) in [6.45, 7) is 3.19. The smallest absolute Gasteiger partial charge is 0.243 e. The van der Waals surface area contributed by atoms with Gasteiger partial charge >= 0.3 is 0 Å². The van der Waals surface area contributed by atoms with Crippen LogP contribution in [0.15, 0.2) is 64.5 Å². The van der Waals surface area contributed by atoms with Crippen LogP contribution in [0.1, 0.15) is 47.8 Å². The summed E-state index contributed by atoms with van der Waals surface area (Å²) in [7, 11) is -3.62. The van der Waals surface area contributed by atoms with Crippen molar-refractivity contribution in [2.75, 3.05) is 19.7 Å². The molecule has 0 spiro atoms. The zero-order chi connectivity index (χ0) is 24.8. The molecule has 35 heavy (non-hydrogen) atoms. The van der Waals surface area contributed by atoms with Crippen molar-refractivity contribution < 1.29 is 17.9 Å². The van der Waals surface area contributed by atoms with E-state index in [0.29, 0.717) is 25.4 Å². The third kappa shape index (κ3) is 5.01. The molecule has 0 N–H and O–H groups in total. The Morgan fingerprint density at radius 2 is 1.80 bits per heavy atom. The van der Waals surface area contributed by atoms with Gasteiger partial charge in [0.15, 0.2) is 17.9 Å². The van der Waals surface area contributed by atoms with Gasteiger partial charge in [0.1, 0.15) is 11.6 Å². The molecule has 0 aliphatic carbocycles. The quantitative estimate of drug-likeness (QED) is 0.268. The van der Waals surface area contributed by atoms with E-state index < -0.39 is 15.8 Å². The van der Waals surface area contributed by atoms with E-state index in [0.717, 1.165) is 19.3 Å². The molecule has 2 aromatic carbocycles. The number of hydrogen-bond acceptors (Lipinski definition) is 7. The highest BCUT2D eigenvalue weighted by Gasteiger charge is 2.28. The molecule has 0 saturated carbocycles. The Balaban J connectivity index is 1.70. The maximum Gasteiger partial charge on any atom is 0.243 e. The van der Waals surface area contributed by atoms with Crippen LogP contribution in [0.5, 0.6) is 0 Å². The zero-order valence-corrected chi connectivity index (χ0v) is 20.1. The summed E-state index contributed by atoms with van der Waals surface area (Å²) in [5.41, 5.74) is 0.762. The van der Waals surface area contributed by atoms with Crippen LogP contribution in [-0.2, 0) is 14.8 Å². The van der Waals surface area contributed by atoms with Crippen molar-refractivity contribution in [2.24, 2.45) is 4.99 Å². The van der Waals surface area contributed by atoms with Crippen molar-refractivity contribution >= 4 is 28.0 Å². The van der Waals surface area contributed by atoms with Crippen molar-refractivity contribution in [1.82, 2.24) is 14.1 Å². The normalized spacial score (nSPS) is 14.6. The molecule has 9 nitrogen and oxygen atoms in total. The topological polar surface area (TPSA) is 118 Å². The molecule has 180 valence electrons. The van der Waals surface area contributed by atoms with E-state index in [2.05, 4.69) is 10.1 Å². The van der Waals surface area contributed by atoms with E-state index in [1.165, 1.54) is 39.7 Å². The molecule has 3 aromatic rings. The molecule has 1 aliphatic rings. The number of aromatic nitrogens is 2. The van der Waals surface area contributed by atoms with Gasteiger partial charge in [0.2, 0.25) is 15.8 Å². The van der Waals surface area contributed by atoms with Crippen LogP contribution < -0.4 is 0 Å². The summed E-state index contributed by atoms with van der Waals surface area (Å²) in [6, 6.07) is 16.8. The number of nitrogens with zero attached hydrogens (tertiary/aromatic N) is 5. The van der Waals surface area contributed by atoms with E-state index in [1.807, 2.05) is 24.3 Å². The highest BCUT2D eigenvalue weighted by Crippen LogP contribution is 2.28. The molecule has 0 atom stereocenters. The maximum absolute atomic E-state index is 13.3. The lowest BCUT2D eigenvalue weighted by Crippen LogP contribution is -2.35. The molecule has 0 bridgehead atoms. The molecule has 1 saturated heterocycles. The predicted molar refractivity (Wildman–Crippen MR) is 131 cm³/mol. The molecule has 2 heterocycles. The standard InChI is InChI=1S/C25H25N5O4S/c1-2-34-18-27-25-22(17-26)23(28-30(25)20-9-5-3-6-10-20)24(31)19-11-13-21(14-12-19)35(32,33)29-15-7-4-8-16-29/h3,5-6,9-14,18H,2,4,7-8,15-16H2,1H3/b27-18+. The number of benzene rings is 2. The van der Waals surface area contributed by atoms with E-state index in [-0.39, 0.29) is 27.5 Å². The first-order valence-corrected chi connectivity index (χ1v) is 12.8. The fourth-order valence-electron chi connectivity index (χ4n) is 3.87. The van der Waals surface area contributed by atoms with Gasteiger partial charge in [-0.05, 0) is 56.2 Å². The predicted octanol–water partition coefficient (Wildman–Crippen LogP) is 3.85. The second-order valence-corrected chi connectivity index (χ2v) is 9.85. The first-order chi connectivity index (χ1) is 17.0. The van der Waals surface area contributed by atoms with Crippen LogP contribution in [0.4, 0.5) is 5.82 Å². The Bertz CT molecular complexity index is 1370. The number of piperidine rings is 1. The van der Waals surface area contributed by atoms with Gasteiger partial charge in [0.05, 0.1) is 17.2 Å². The number of para-hydroxylation sites is 1. The van der Waals surface area contributed by atoms with Gasteiger partial charge in [-0.1, -0.05) is 24.6 Å². The summed E-state index contributed by atoms with van der Waals surface area (Å²) in [5, 5.41) is 14.3. The number of sulfonamides is 1. The second-order valence-electron chi connectivity index (χ2n) is 7.91. The highest BCUT2D eigenvalue weighted by atomic mass is 32.2. The van der Waals surface area contributed by atoms with Crippen LogP contribution in [0.2, 0.25) is 0 Å². The molecule has 0 unspecified atom stereocenters. The molecule has 1 aliphatic heterocycles. The molecule has 0 amide bonds. The summed E-state index contributed by atoms with van der Waals surface area (Å²) in [4.78, 5) is 17.7. The first-order valence-electron chi connectivity index (χ1n) is 11.3. The van der Waals surface area contributed by atoms with Gasteiger partial charge in [-0.25, -0.2) is 13.1 Å². The lowest BCUT2D eigenvalue weighted by atomic mass is 10.1. The van der Waals surface area contributed by atoms with Crippen LogP contribution in [0, 0.1) is 11.3 Å². The lowest BCUT2D eigenvalue weighted by molar-refractivity contribution is 0.103. The Labute approximate surface area is 204 Å². The minimum absolute atomic E-state index is 0.000166. The van der Waals surface area contributed by atoms with Crippen LogP contribution in [0.3, 0.4) is 0 Å². The van der Waals surface area contributed by atoms with Gasteiger partial charge in [0, 0.05) is 18.7 Å². The number of ether oxygens (including phenoxy) is 1. The van der Waals surface area contributed by atoms with Crippen molar-refractivity contribution in [1.29, 1.82) is 5.26 Å². The molecule has 10 heteroatoms. The van der Waals surface area contributed by atoms with E-state index >= 15 is 0 Å². The van der Waals surface area contributed by atoms with Crippen molar-refractivity contribution in [3.8, 4) is 11.8 Å². The summed E-state index contributed by atoms with van der Waals surface area (Å²) in [6.07, 6.45) is 3.91. The lowest BCUT2D eigenvalue weighted by Gasteiger charge is -2.25. The molecule has 4 rings (SSSR count). The van der Waals surface area contributed by atoms with Crippen molar-refractivity contribution in [2.45, 2.75) is 31.1 Å². The number of ketones is 1. The number of nitriles is 1. The monoisotopic (exact) mass is 491 g/mol. The maximum atomic E-state index is 13.3. The Morgan fingerprint density at radius 1 is 1.11 bits per heavy atom. The van der Waals surface area contributed by atoms with Crippen LogP contribution in [-0.4, -0.2) is 54.4 Å². The number of hydrogen-bond donors (Lipinski definition) is 0. The molecular formula is C25H25N5O4S. The first kappa shape index (κ1) is 24.3. The number of rotatable bonds is 8. The van der Waals surface area contributed by atoms with Gasteiger partial charge in [-0.2, -0.15) is 19.7 Å². The van der Waals surface area contributed by atoms with Crippen molar-refractivity contribution in [3.63, 3.8) is 0 Å². The van der Waals surface area contributed by atoms with Crippen LogP contribution in [0.25, 0.3) is 5.69 Å². The number of carbonyl (C=O) groups excluding carboxylic acids is 1. The summed E-state index contributed by atoms with van der Waals surface area (Å²) < 4.78 is 33.9. The minimum atomic E-state index is -3.62. The third-order valence-corrected chi connectivity index (χ3v) is 7.59. The molecule has 0 radical (unpaired) electrons. The largest absolute Gasteiger partial charge is 0.483 e.